The Bertz CT molecular complexity index is 123. The molecular weight excluding hydrogens is 148 g/mol. The summed E-state index contributed by atoms with van der Waals surface area (Å²) >= 11 is 4.70. The van der Waals surface area contributed by atoms with Gasteiger partial charge in [-0.2, -0.15) is 0 Å². The van der Waals surface area contributed by atoms with Crippen LogP contribution in [0.4, 0.5) is 0 Å². The number of rotatable bonds is 1. The summed E-state index contributed by atoms with van der Waals surface area (Å²) < 4.78 is 5.16. The van der Waals surface area contributed by atoms with Gasteiger partial charge < -0.3 is 15.8 Å². The highest BCUT2D eigenvalue weighted by atomic mass is 32.1. The molecule has 0 aromatic heterocycles. The zero-order valence-electron chi connectivity index (χ0n) is 5.80. The number of nitrogens with one attached hydrogen (secondary N) is 1. The highest BCUT2D eigenvalue weighted by Gasteiger charge is 2.12. The van der Waals surface area contributed by atoms with E-state index in [4.69, 9.17) is 22.7 Å². The van der Waals surface area contributed by atoms with Crippen molar-refractivity contribution in [3.8, 4) is 0 Å². The Hall–Kier alpha value is -0.350. The lowest BCUT2D eigenvalue weighted by Gasteiger charge is -2.22. The van der Waals surface area contributed by atoms with Gasteiger partial charge in [-0.05, 0) is 25.1 Å². The van der Waals surface area contributed by atoms with Crippen LogP contribution in [0.15, 0.2) is 0 Å². The van der Waals surface area contributed by atoms with Gasteiger partial charge in [-0.25, -0.2) is 0 Å². The normalized spacial score (nSPS) is 20.4. The van der Waals surface area contributed by atoms with E-state index >= 15 is 0 Å². The summed E-state index contributed by atoms with van der Waals surface area (Å²) in [5.74, 6) is 0. The van der Waals surface area contributed by atoms with Crippen LogP contribution < -0.4 is 11.1 Å². The molecule has 1 aliphatic rings. The molecule has 0 aliphatic carbocycles. The molecule has 0 bridgehead atoms. The lowest BCUT2D eigenvalue weighted by Crippen LogP contribution is -2.41. The minimum absolute atomic E-state index is 0.395. The zero-order valence-corrected chi connectivity index (χ0v) is 6.62. The van der Waals surface area contributed by atoms with Gasteiger partial charge in [0.05, 0.1) is 0 Å². The van der Waals surface area contributed by atoms with Crippen molar-refractivity contribution in [3.05, 3.63) is 0 Å². The predicted octanol–water partition coefficient (Wildman–Crippen LogP) is -0.00140. The smallest absolute Gasteiger partial charge is 0.163 e. The fourth-order valence-corrected chi connectivity index (χ4v) is 1.21. The SMILES string of the molecule is NC(=S)NC1CCOCC1. The maximum absolute atomic E-state index is 5.30. The molecule has 3 N–H and O–H groups in total. The summed E-state index contributed by atoms with van der Waals surface area (Å²) in [6.45, 7) is 1.64. The topological polar surface area (TPSA) is 47.3 Å². The first-order chi connectivity index (χ1) is 4.79. The Kier molecular flexibility index (Phi) is 2.89. The third-order valence-corrected chi connectivity index (χ3v) is 1.69. The molecule has 1 heterocycles. The van der Waals surface area contributed by atoms with Gasteiger partial charge in [-0.1, -0.05) is 0 Å². The Morgan fingerprint density at radius 3 is 2.60 bits per heavy atom. The van der Waals surface area contributed by atoms with Crippen molar-refractivity contribution in [1.29, 1.82) is 0 Å². The average molecular weight is 160 g/mol. The van der Waals surface area contributed by atoms with Crippen molar-refractivity contribution < 1.29 is 4.74 Å². The van der Waals surface area contributed by atoms with Crippen molar-refractivity contribution in [2.45, 2.75) is 18.9 Å². The molecule has 0 atom stereocenters. The maximum Gasteiger partial charge on any atom is 0.163 e. The van der Waals surface area contributed by atoms with Crippen LogP contribution in [-0.2, 0) is 4.74 Å². The van der Waals surface area contributed by atoms with E-state index in [1.54, 1.807) is 0 Å². The average Bonchev–Trinajstić information content (AvgIpc) is 1.88. The van der Waals surface area contributed by atoms with Crippen LogP contribution in [0.1, 0.15) is 12.8 Å². The van der Waals surface area contributed by atoms with Gasteiger partial charge in [-0.3, -0.25) is 0 Å². The third kappa shape index (κ3) is 2.49. The summed E-state index contributed by atoms with van der Waals surface area (Å²) in [6, 6.07) is 0.436. The van der Waals surface area contributed by atoms with Gasteiger partial charge in [0.15, 0.2) is 5.11 Å². The molecule has 0 radical (unpaired) electrons. The molecule has 0 saturated carbocycles. The Labute approximate surface area is 65.9 Å². The quantitative estimate of drug-likeness (QED) is 0.530. The van der Waals surface area contributed by atoms with Crippen LogP contribution in [0, 0.1) is 0 Å². The molecular formula is C6H12N2OS. The molecule has 0 unspecified atom stereocenters. The van der Waals surface area contributed by atoms with Gasteiger partial charge in [0, 0.05) is 19.3 Å². The Balaban J connectivity index is 2.19. The van der Waals surface area contributed by atoms with Crippen molar-refractivity contribution >= 4 is 17.3 Å². The molecule has 1 fully saturated rings. The van der Waals surface area contributed by atoms with E-state index in [0.717, 1.165) is 26.1 Å². The van der Waals surface area contributed by atoms with Crippen molar-refractivity contribution in [3.63, 3.8) is 0 Å². The van der Waals surface area contributed by atoms with E-state index in [9.17, 15) is 0 Å². The Morgan fingerprint density at radius 1 is 1.50 bits per heavy atom. The van der Waals surface area contributed by atoms with E-state index in [-0.39, 0.29) is 0 Å². The van der Waals surface area contributed by atoms with E-state index < -0.39 is 0 Å². The lowest BCUT2D eigenvalue weighted by molar-refractivity contribution is 0.0825. The van der Waals surface area contributed by atoms with Crippen molar-refractivity contribution in [2.75, 3.05) is 13.2 Å². The molecule has 3 nitrogen and oxygen atoms in total. The summed E-state index contributed by atoms with van der Waals surface area (Å²) in [5.41, 5.74) is 5.30. The fourth-order valence-electron chi connectivity index (χ4n) is 1.04. The van der Waals surface area contributed by atoms with Gasteiger partial charge in [0.1, 0.15) is 0 Å². The summed E-state index contributed by atoms with van der Waals surface area (Å²) in [4.78, 5) is 0. The standard InChI is InChI=1S/C6H12N2OS/c7-6(10)8-5-1-3-9-4-2-5/h5H,1-4H2,(H3,7,8,10). The van der Waals surface area contributed by atoms with E-state index in [2.05, 4.69) is 5.32 Å². The molecule has 0 spiro atoms. The first-order valence-electron chi connectivity index (χ1n) is 3.43. The highest BCUT2D eigenvalue weighted by Crippen LogP contribution is 2.05. The first kappa shape index (κ1) is 7.75. The summed E-state index contributed by atoms with van der Waals surface area (Å²) in [6.07, 6.45) is 2.02. The van der Waals surface area contributed by atoms with Gasteiger partial charge in [-0.15, -0.1) is 0 Å². The van der Waals surface area contributed by atoms with E-state index in [0.29, 0.717) is 11.2 Å². The third-order valence-electron chi connectivity index (χ3n) is 1.57. The monoisotopic (exact) mass is 160 g/mol. The van der Waals surface area contributed by atoms with Crippen LogP contribution in [0.3, 0.4) is 0 Å². The highest BCUT2D eigenvalue weighted by molar-refractivity contribution is 7.80. The molecule has 0 aromatic carbocycles. The Morgan fingerprint density at radius 2 is 2.10 bits per heavy atom. The van der Waals surface area contributed by atoms with Gasteiger partial charge in [0.25, 0.3) is 0 Å². The van der Waals surface area contributed by atoms with Crippen LogP contribution in [0.25, 0.3) is 0 Å². The van der Waals surface area contributed by atoms with E-state index in [1.807, 2.05) is 0 Å². The predicted molar refractivity (Wildman–Crippen MR) is 43.8 cm³/mol. The number of thiocarbonyl (C=S) groups is 1. The van der Waals surface area contributed by atoms with Crippen molar-refractivity contribution in [2.24, 2.45) is 5.73 Å². The van der Waals surface area contributed by atoms with Crippen LogP contribution >= 0.6 is 12.2 Å². The minimum atomic E-state index is 0.395. The molecule has 1 saturated heterocycles. The largest absolute Gasteiger partial charge is 0.381 e. The van der Waals surface area contributed by atoms with Crippen LogP contribution in [0.2, 0.25) is 0 Å². The molecule has 1 aliphatic heterocycles. The molecule has 0 aromatic rings. The van der Waals surface area contributed by atoms with Crippen LogP contribution in [-0.4, -0.2) is 24.4 Å². The lowest BCUT2D eigenvalue weighted by atomic mass is 10.1. The van der Waals surface area contributed by atoms with Gasteiger partial charge >= 0.3 is 0 Å². The zero-order chi connectivity index (χ0) is 7.40. The second kappa shape index (κ2) is 3.73. The first-order valence-corrected chi connectivity index (χ1v) is 3.83. The molecule has 0 amide bonds. The number of hydrogen-bond donors (Lipinski definition) is 2. The van der Waals surface area contributed by atoms with E-state index in [1.165, 1.54) is 0 Å². The molecule has 4 heteroatoms. The number of ether oxygens (including phenoxy) is 1. The number of nitrogens with two attached hydrogens (primary N) is 1. The maximum atomic E-state index is 5.30. The summed E-state index contributed by atoms with van der Waals surface area (Å²) in [5, 5.41) is 3.41. The second-order valence-corrected chi connectivity index (χ2v) is 2.84. The summed E-state index contributed by atoms with van der Waals surface area (Å²) in [7, 11) is 0. The van der Waals surface area contributed by atoms with Crippen LogP contribution in [0.5, 0.6) is 0 Å². The molecule has 58 valence electrons. The number of hydrogen-bond acceptors (Lipinski definition) is 2. The minimum Gasteiger partial charge on any atom is -0.381 e. The molecule has 1 rings (SSSR count). The van der Waals surface area contributed by atoms with Gasteiger partial charge in [0.2, 0.25) is 0 Å². The molecule has 10 heavy (non-hydrogen) atoms. The second-order valence-electron chi connectivity index (χ2n) is 2.40. The fraction of sp³-hybridized carbons (Fsp3) is 0.833. The van der Waals surface area contributed by atoms with Crippen molar-refractivity contribution in [1.82, 2.24) is 5.32 Å².